The van der Waals surface area contributed by atoms with Crippen LogP contribution < -0.4 is 0 Å². The highest BCUT2D eigenvalue weighted by Crippen LogP contribution is 2.31. The second kappa shape index (κ2) is 6.47. The van der Waals surface area contributed by atoms with Crippen LogP contribution in [0.1, 0.15) is 12.8 Å². The zero-order valence-corrected chi connectivity index (χ0v) is 14.2. The topological polar surface area (TPSA) is 57.9 Å². The van der Waals surface area contributed by atoms with Crippen LogP contribution >= 0.6 is 11.8 Å². The number of amides is 2. The number of imidazole rings is 1. The third-order valence-electron chi connectivity index (χ3n) is 4.60. The van der Waals surface area contributed by atoms with Crippen LogP contribution in [0, 0.1) is 5.92 Å². The van der Waals surface area contributed by atoms with Gasteiger partial charge in [-0.3, -0.25) is 14.0 Å². The van der Waals surface area contributed by atoms with Crippen molar-refractivity contribution < 1.29 is 9.59 Å². The van der Waals surface area contributed by atoms with Gasteiger partial charge in [0.15, 0.2) is 5.16 Å². The highest BCUT2D eigenvalue weighted by atomic mass is 32.2. The molecule has 2 aliphatic rings. The van der Waals surface area contributed by atoms with Gasteiger partial charge in [0.2, 0.25) is 11.8 Å². The Morgan fingerprint density at radius 3 is 2.62 bits per heavy atom. The molecule has 2 aromatic heterocycles. The predicted octanol–water partition coefficient (Wildman–Crippen LogP) is 1.51. The lowest BCUT2D eigenvalue weighted by molar-refractivity contribution is -0.139. The third kappa shape index (κ3) is 3.13. The molecule has 1 saturated carbocycles. The maximum absolute atomic E-state index is 12.4. The molecule has 0 aromatic carbocycles. The number of pyridine rings is 1. The van der Waals surface area contributed by atoms with Crippen molar-refractivity contribution in [1.29, 1.82) is 0 Å². The van der Waals surface area contributed by atoms with Crippen LogP contribution in [-0.2, 0) is 9.59 Å². The minimum absolute atomic E-state index is 0.117. The van der Waals surface area contributed by atoms with Gasteiger partial charge in [-0.2, -0.15) is 0 Å². The molecule has 3 heterocycles. The van der Waals surface area contributed by atoms with E-state index in [9.17, 15) is 9.59 Å². The molecule has 7 heteroatoms. The molecule has 4 rings (SSSR count). The molecule has 0 radical (unpaired) electrons. The lowest BCUT2D eigenvalue weighted by atomic mass is 10.2. The van der Waals surface area contributed by atoms with Crippen molar-refractivity contribution in [3.8, 4) is 0 Å². The minimum atomic E-state index is 0.117. The van der Waals surface area contributed by atoms with Gasteiger partial charge in [0.05, 0.1) is 17.5 Å². The number of rotatable bonds is 4. The van der Waals surface area contributed by atoms with Crippen molar-refractivity contribution in [2.75, 3.05) is 31.9 Å². The van der Waals surface area contributed by atoms with E-state index in [-0.39, 0.29) is 17.7 Å². The van der Waals surface area contributed by atoms with Gasteiger partial charge < -0.3 is 9.80 Å². The molecule has 24 heavy (non-hydrogen) atoms. The number of fused-ring (bicyclic) bond motifs is 1. The molecule has 2 amide bonds. The van der Waals surface area contributed by atoms with E-state index in [4.69, 9.17) is 0 Å². The van der Waals surface area contributed by atoms with E-state index in [1.165, 1.54) is 11.8 Å². The summed E-state index contributed by atoms with van der Waals surface area (Å²) in [4.78, 5) is 32.6. The zero-order chi connectivity index (χ0) is 16.5. The lowest BCUT2D eigenvalue weighted by Crippen LogP contribution is -2.51. The monoisotopic (exact) mass is 344 g/mol. The maximum Gasteiger partial charge on any atom is 0.233 e. The highest BCUT2D eigenvalue weighted by Gasteiger charge is 2.35. The Bertz CT molecular complexity index is 763. The van der Waals surface area contributed by atoms with E-state index in [1.807, 2.05) is 44.8 Å². The van der Waals surface area contributed by atoms with E-state index in [0.717, 1.165) is 23.5 Å². The number of carbonyl (C=O) groups is 2. The standard InChI is InChI=1S/C17H20N4O2S/c22-15(12-24-17-18-11-14-3-1-2-6-21(14)17)19-7-9-20(10-8-19)16(23)13-4-5-13/h1-3,6,11,13H,4-5,7-10,12H2. The molecule has 0 unspecified atom stereocenters. The van der Waals surface area contributed by atoms with Gasteiger partial charge in [0, 0.05) is 38.3 Å². The van der Waals surface area contributed by atoms with E-state index < -0.39 is 0 Å². The summed E-state index contributed by atoms with van der Waals surface area (Å²) < 4.78 is 1.99. The van der Waals surface area contributed by atoms with Gasteiger partial charge in [-0.05, 0) is 25.0 Å². The average molecular weight is 344 g/mol. The largest absolute Gasteiger partial charge is 0.339 e. The first-order valence-electron chi connectivity index (χ1n) is 8.34. The summed E-state index contributed by atoms with van der Waals surface area (Å²) in [6.07, 6.45) is 5.84. The van der Waals surface area contributed by atoms with Crippen LogP contribution in [0.2, 0.25) is 0 Å². The van der Waals surface area contributed by atoms with Crippen LogP contribution in [-0.4, -0.2) is 62.9 Å². The van der Waals surface area contributed by atoms with Crippen LogP contribution in [0.25, 0.3) is 5.52 Å². The van der Waals surface area contributed by atoms with Gasteiger partial charge in [0.25, 0.3) is 0 Å². The predicted molar refractivity (Wildman–Crippen MR) is 91.8 cm³/mol. The first-order valence-corrected chi connectivity index (χ1v) is 9.32. The second-order valence-corrected chi connectivity index (χ2v) is 7.25. The Hall–Kier alpha value is -2.02. The maximum atomic E-state index is 12.4. The summed E-state index contributed by atoms with van der Waals surface area (Å²) in [6.45, 7) is 2.61. The number of nitrogens with zero attached hydrogens (tertiary/aromatic N) is 4. The number of aromatic nitrogens is 2. The molecule has 1 aliphatic heterocycles. The van der Waals surface area contributed by atoms with E-state index in [1.54, 1.807) is 0 Å². The molecule has 2 aromatic rings. The Morgan fingerprint density at radius 2 is 1.88 bits per heavy atom. The second-order valence-electron chi connectivity index (χ2n) is 6.31. The summed E-state index contributed by atoms with van der Waals surface area (Å²) in [5.41, 5.74) is 1.03. The van der Waals surface area contributed by atoms with Crippen molar-refractivity contribution in [1.82, 2.24) is 19.2 Å². The van der Waals surface area contributed by atoms with E-state index >= 15 is 0 Å². The molecular weight excluding hydrogens is 324 g/mol. The Kier molecular flexibility index (Phi) is 4.18. The number of thioether (sulfide) groups is 1. The highest BCUT2D eigenvalue weighted by molar-refractivity contribution is 7.99. The van der Waals surface area contributed by atoms with Gasteiger partial charge >= 0.3 is 0 Å². The molecule has 126 valence electrons. The van der Waals surface area contributed by atoms with Gasteiger partial charge in [0.1, 0.15) is 0 Å². The molecular formula is C17H20N4O2S. The molecule has 0 atom stereocenters. The van der Waals surface area contributed by atoms with Crippen LogP contribution in [0.4, 0.5) is 0 Å². The SMILES string of the molecule is O=C(CSc1ncc2ccccn12)N1CCN(C(=O)C2CC2)CC1. The Morgan fingerprint density at radius 1 is 1.12 bits per heavy atom. The Balaban J connectivity index is 1.30. The molecule has 0 spiro atoms. The fourth-order valence-corrected chi connectivity index (χ4v) is 3.88. The van der Waals surface area contributed by atoms with Crippen LogP contribution in [0.15, 0.2) is 35.7 Å². The molecule has 6 nitrogen and oxygen atoms in total. The molecule has 1 saturated heterocycles. The van der Waals surface area contributed by atoms with Crippen molar-refractivity contribution in [2.45, 2.75) is 18.0 Å². The molecule has 2 fully saturated rings. The summed E-state index contributed by atoms with van der Waals surface area (Å²) in [7, 11) is 0. The third-order valence-corrected chi connectivity index (χ3v) is 5.55. The fraction of sp³-hybridized carbons (Fsp3) is 0.471. The van der Waals surface area contributed by atoms with Gasteiger partial charge in [-0.1, -0.05) is 17.8 Å². The number of piperazine rings is 1. The van der Waals surface area contributed by atoms with Crippen molar-refractivity contribution in [3.63, 3.8) is 0 Å². The summed E-state index contributed by atoms with van der Waals surface area (Å²) in [6, 6.07) is 5.92. The summed E-state index contributed by atoms with van der Waals surface area (Å²) in [5.74, 6) is 1.04. The minimum Gasteiger partial charge on any atom is -0.339 e. The number of hydrogen-bond acceptors (Lipinski definition) is 4. The van der Waals surface area contributed by atoms with Crippen LogP contribution in [0.3, 0.4) is 0 Å². The van der Waals surface area contributed by atoms with Gasteiger partial charge in [-0.15, -0.1) is 0 Å². The summed E-state index contributed by atoms with van der Waals surface area (Å²) in [5, 5.41) is 0.835. The Labute approximate surface area is 144 Å². The number of carbonyl (C=O) groups excluding carboxylic acids is 2. The lowest BCUT2D eigenvalue weighted by Gasteiger charge is -2.34. The van der Waals surface area contributed by atoms with E-state index in [2.05, 4.69) is 4.98 Å². The van der Waals surface area contributed by atoms with Crippen LogP contribution in [0.5, 0.6) is 0 Å². The zero-order valence-electron chi connectivity index (χ0n) is 13.4. The summed E-state index contributed by atoms with van der Waals surface area (Å²) >= 11 is 1.46. The molecule has 0 N–H and O–H groups in total. The average Bonchev–Trinajstić information content (AvgIpc) is 3.40. The van der Waals surface area contributed by atoms with Crippen molar-refractivity contribution in [3.05, 3.63) is 30.6 Å². The smallest absolute Gasteiger partial charge is 0.233 e. The quantitative estimate of drug-likeness (QED) is 0.789. The fourth-order valence-electron chi connectivity index (χ4n) is 3.01. The molecule has 0 bridgehead atoms. The van der Waals surface area contributed by atoms with Gasteiger partial charge in [-0.25, -0.2) is 4.98 Å². The number of hydrogen-bond donors (Lipinski definition) is 0. The van der Waals surface area contributed by atoms with Crippen molar-refractivity contribution in [2.24, 2.45) is 5.92 Å². The normalized spacial score (nSPS) is 18.2. The first kappa shape index (κ1) is 15.5. The first-order chi connectivity index (χ1) is 11.7. The molecule has 1 aliphatic carbocycles. The van der Waals surface area contributed by atoms with E-state index in [0.29, 0.717) is 31.9 Å². The van der Waals surface area contributed by atoms with Crippen molar-refractivity contribution >= 4 is 29.1 Å².